The van der Waals surface area contributed by atoms with Gasteiger partial charge in [0.2, 0.25) is 0 Å². The zero-order chi connectivity index (χ0) is 13.8. The van der Waals surface area contributed by atoms with Crippen LogP contribution in [0.5, 0.6) is 0 Å². The molecule has 0 spiro atoms. The maximum atomic E-state index is 11.9. The molecule has 0 saturated carbocycles. The van der Waals surface area contributed by atoms with Crippen molar-refractivity contribution in [2.24, 2.45) is 0 Å². The normalized spacial score (nSPS) is 10.7. The molecule has 0 radical (unpaired) electrons. The largest absolute Gasteiger partial charge is 0.377 e. The van der Waals surface area contributed by atoms with Crippen LogP contribution in [0.25, 0.3) is 0 Å². The molecule has 0 atom stereocenters. The lowest BCUT2D eigenvalue weighted by atomic mass is 10.4. The molecule has 0 fully saturated rings. The van der Waals surface area contributed by atoms with Gasteiger partial charge in [-0.15, -0.1) is 11.3 Å². The minimum absolute atomic E-state index is 0.172. The summed E-state index contributed by atoms with van der Waals surface area (Å²) in [4.78, 5) is 13.0. The standard InChI is InChI=1S/C12H13Cl2N3OS/c1-2-5-17-12(18)11(14)9(7-16-17)15-6-8-3-4-10(13)19-8/h3-4,7,15H,2,5-6H2,1H3. The fourth-order valence-electron chi connectivity index (χ4n) is 1.59. The van der Waals surface area contributed by atoms with E-state index in [1.165, 1.54) is 16.0 Å². The summed E-state index contributed by atoms with van der Waals surface area (Å²) in [6.45, 7) is 3.12. The quantitative estimate of drug-likeness (QED) is 0.915. The molecule has 0 aromatic carbocycles. The van der Waals surface area contributed by atoms with Gasteiger partial charge in [-0.05, 0) is 18.6 Å². The van der Waals surface area contributed by atoms with E-state index in [9.17, 15) is 4.79 Å². The van der Waals surface area contributed by atoms with Crippen LogP contribution >= 0.6 is 34.5 Å². The Bertz CT molecular complexity index is 624. The van der Waals surface area contributed by atoms with E-state index in [1.54, 1.807) is 6.20 Å². The molecule has 0 amide bonds. The number of aryl methyl sites for hydroxylation is 1. The number of hydrogen-bond donors (Lipinski definition) is 1. The minimum atomic E-state index is -0.266. The maximum Gasteiger partial charge on any atom is 0.287 e. The lowest BCUT2D eigenvalue weighted by molar-refractivity contribution is 0.568. The summed E-state index contributed by atoms with van der Waals surface area (Å²) in [7, 11) is 0. The third-order valence-electron chi connectivity index (χ3n) is 2.50. The van der Waals surface area contributed by atoms with Crippen molar-refractivity contribution < 1.29 is 0 Å². The first-order valence-electron chi connectivity index (χ1n) is 5.85. The molecular weight excluding hydrogens is 305 g/mol. The summed E-state index contributed by atoms with van der Waals surface area (Å²) in [6.07, 6.45) is 2.41. The molecule has 2 rings (SSSR count). The highest BCUT2D eigenvalue weighted by Gasteiger charge is 2.09. The van der Waals surface area contributed by atoms with E-state index >= 15 is 0 Å². The van der Waals surface area contributed by atoms with E-state index in [4.69, 9.17) is 23.2 Å². The topological polar surface area (TPSA) is 46.9 Å². The molecule has 0 saturated heterocycles. The fourth-order valence-corrected chi connectivity index (χ4v) is 2.83. The van der Waals surface area contributed by atoms with E-state index in [0.717, 1.165) is 15.6 Å². The zero-order valence-electron chi connectivity index (χ0n) is 10.3. The molecule has 0 bridgehead atoms. The van der Waals surface area contributed by atoms with Crippen LogP contribution in [0.15, 0.2) is 23.1 Å². The Morgan fingerprint density at radius 1 is 1.42 bits per heavy atom. The number of hydrogen-bond acceptors (Lipinski definition) is 4. The van der Waals surface area contributed by atoms with Gasteiger partial charge in [0.15, 0.2) is 0 Å². The highest BCUT2D eigenvalue weighted by Crippen LogP contribution is 2.23. The average Bonchev–Trinajstić information content (AvgIpc) is 2.80. The second-order valence-electron chi connectivity index (χ2n) is 3.96. The molecular formula is C12H13Cl2N3OS. The number of anilines is 1. The van der Waals surface area contributed by atoms with Crippen molar-refractivity contribution in [3.63, 3.8) is 0 Å². The van der Waals surface area contributed by atoms with Crippen molar-refractivity contribution in [1.82, 2.24) is 9.78 Å². The molecule has 0 unspecified atom stereocenters. The number of halogens is 2. The summed E-state index contributed by atoms with van der Waals surface area (Å²) < 4.78 is 2.11. The first-order valence-corrected chi connectivity index (χ1v) is 7.42. The molecule has 0 aliphatic carbocycles. The van der Waals surface area contributed by atoms with Gasteiger partial charge in [-0.2, -0.15) is 5.10 Å². The number of rotatable bonds is 5. The highest BCUT2D eigenvalue weighted by atomic mass is 35.5. The molecule has 7 heteroatoms. The van der Waals surface area contributed by atoms with Gasteiger partial charge in [-0.25, -0.2) is 4.68 Å². The average molecular weight is 318 g/mol. The van der Waals surface area contributed by atoms with E-state index in [1.807, 2.05) is 19.1 Å². The van der Waals surface area contributed by atoms with Crippen LogP contribution in [0.1, 0.15) is 18.2 Å². The lowest BCUT2D eigenvalue weighted by Crippen LogP contribution is -2.24. The summed E-state index contributed by atoms with van der Waals surface area (Å²) in [5.41, 5.74) is 0.279. The van der Waals surface area contributed by atoms with E-state index < -0.39 is 0 Å². The van der Waals surface area contributed by atoms with Crippen molar-refractivity contribution in [2.45, 2.75) is 26.4 Å². The van der Waals surface area contributed by atoms with Crippen molar-refractivity contribution >= 4 is 40.2 Å². The van der Waals surface area contributed by atoms with Crippen LogP contribution in [0.4, 0.5) is 5.69 Å². The number of nitrogens with one attached hydrogen (secondary N) is 1. The summed E-state index contributed by atoms with van der Waals surface area (Å²) in [5, 5.41) is 7.35. The van der Waals surface area contributed by atoms with E-state index in [-0.39, 0.29) is 10.6 Å². The minimum Gasteiger partial charge on any atom is -0.377 e. The maximum absolute atomic E-state index is 11.9. The van der Waals surface area contributed by atoms with E-state index in [2.05, 4.69) is 10.4 Å². The van der Waals surface area contributed by atoms with Gasteiger partial charge >= 0.3 is 0 Å². The van der Waals surface area contributed by atoms with Crippen molar-refractivity contribution in [3.05, 3.63) is 42.9 Å². The van der Waals surface area contributed by atoms with E-state index in [0.29, 0.717) is 18.8 Å². The van der Waals surface area contributed by atoms with Crippen LogP contribution in [0, 0.1) is 0 Å². The molecule has 19 heavy (non-hydrogen) atoms. The summed E-state index contributed by atoms with van der Waals surface area (Å²) >= 11 is 13.4. The first kappa shape index (κ1) is 14.4. The first-order chi connectivity index (χ1) is 9.11. The fraction of sp³-hybridized carbons (Fsp3) is 0.333. The second-order valence-corrected chi connectivity index (χ2v) is 6.14. The van der Waals surface area contributed by atoms with Gasteiger partial charge in [0.25, 0.3) is 5.56 Å². The molecule has 2 aromatic rings. The van der Waals surface area contributed by atoms with Crippen LogP contribution in [0.3, 0.4) is 0 Å². The van der Waals surface area contributed by atoms with Crippen molar-refractivity contribution in [1.29, 1.82) is 0 Å². The highest BCUT2D eigenvalue weighted by molar-refractivity contribution is 7.16. The van der Waals surface area contributed by atoms with Gasteiger partial charge in [0, 0.05) is 18.0 Å². The molecule has 2 heterocycles. The van der Waals surface area contributed by atoms with Gasteiger partial charge in [0.05, 0.1) is 16.2 Å². The Morgan fingerprint density at radius 2 is 2.21 bits per heavy atom. The number of thiophene rings is 1. The summed E-state index contributed by atoms with van der Waals surface area (Å²) in [5.74, 6) is 0. The van der Waals surface area contributed by atoms with Gasteiger partial charge in [-0.1, -0.05) is 30.1 Å². The van der Waals surface area contributed by atoms with Crippen molar-refractivity contribution in [3.8, 4) is 0 Å². The lowest BCUT2D eigenvalue weighted by Gasteiger charge is -2.08. The Kier molecular flexibility index (Phi) is 4.85. The second kappa shape index (κ2) is 6.41. The number of aromatic nitrogens is 2. The Balaban J connectivity index is 2.13. The predicted octanol–water partition coefficient (Wildman–Crippen LogP) is 3.63. The van der Waals surface area contributed by atoms with Crippen LogP contribution < -0.4 is 10.9 Å². The Morgan fingerprint density at radius 3 is 2.84 bits per heavy atom. The van der Waals surface area contributed by atoms with Gasteiger partial charge in [0.1, 0.15) is 5.02 Å². The molecule has 2 aromatic heterocycles. The number of nitrogens with zero attached hydrogens (tertiary/aromatic N) is 2. The SMILES string of the molecule is CCCn1ncc(NCc2ccc(Cl)s2)c(Cl)c1=O. The Labute approximate surface area is 125 Å². The third kappa shape index (κ3) is 3.49. The van der Waals surface area contributed by atoms with Crippen molar-refractivity contribution in [2.75, 3.05) is 5.32 Å². The molecule has 0 aliphatic heterocycles. The van der Waals surface area contributed by atoms with Crippen LogP contribution in [-0.2, 0) is 13.1 Å². The van der Waals surface area contributed by atoms with Crippen LogP contribution in [0.2, 0.25) is 9.36 Å². The van der Waals surface area contributed by atoms with Crippen LogP contribution in [-0.4, -0.2) is 9.78 Å². The monoisotopic (exact) mass is 317 g/mol. The Hall–Kier alpha value is -1.04. The molecule has 4 nitrogen and oxygen atoms in total. The third-order valence-corrected chi connectivity index (χ3v) is 4.10. The van der Waals surface area contributed by atoms with Gasteiger partial charge < -0.3 is 5.32 Å². The zero-order valence-corrected chi connectivity index (χ0v) is 12.6. The molecule has 0 aliphatic rings. The summed E-state index contributed by atoms with van der Waals surface area (Å²) in [6, 6.07) is 3.77. The molecule has 102 valence electrons. The van der Waals surface area contributed by atoms with Gasteiger partial charge in [-0.3, -0.25) is 4.79 Å². The molecule has 1 N–H and O–H groups in total. The smallest absolute Gasteiger partial charge is 0.287 e. The predicted molar refractivity (Wildman–Crippen MR) is 80.5 cm³/mol.